The Morgan fingerprint density at radius 2 is 1.70 bits per heavy atom. The molecule has 0 aliphatic carbocycles. The highest BCUT2D eigenvalue weighted by Crippen LogP contribution is 2.24. The summed E-state index contributed by atoms with van der Waals surface area (Å²) in [6.45, 7) is 8.81. The lowest BCUT2D eigenvalue weighted by Crippen LogP contribution is -2.31. The molecule has 0 fully saturated rings. The van der Waals surface area contributed by atoms with Gasteiger partial charge in [0.15, 0.2) is 6.20 Å². The van der Waals surface area contributed by atoms with Gasteiger partial charge in [0.25, 0.3) is 0 Å². The molecule has 0 aliphatic rings. The Hall–Kier alpha value is -1.63. The zero-order chi connectivity index (χ0) is 14.7. The molecule has 1 aromatic heterocycles. The van der Waals surface area contributed by atoms with Crippen LogP contribution in [0.4, 0.5) is 0 Å². The lowest BCUT2D eigenvalue weighted by molar-refractivity contribution is -0.660. The Morgan fingerprint density at radius 3 is 2.40 bits per heavy atom. The summed E-state index contributed by atoms with van der Waals surface area (Å²) in [5.74, 6) is 0. The largest absolute Gasteiger partial charge is 0.212 e. The van der Waals surface area contributed by atoms with Crippen molar-refractivity contribution in [3.8, 4) is 11.3 Å². The van der Waals surface area contributed by atoms with Crippen molar-refractivity contribution in [1.29, 1.82) is 0 Å². The normalized spacial score (nSPS) is 10.8. The first-order chi connectivity index (χ1) is 9.52. The fraction of sp³-hybridized carbons (Fsp3) is 0.421. The molecule has 0 radical (unpaired) electrons. The molecule has 2 aromatic rings. The van der Waals surface area contributed by atoms with E-state index < -0.39 is 0 Å². The smallest absolute Gasteiger partial charge is 0.201 e. The van der Waals surface area contributed by atoms with Gasteiger partial charge >= 0.3 is 0 Å². The van der Waals surface area contributed by atoms with Crippen LogP contribution in [0.3, 0.4) is 0 Å². The number of unbranched alkanes of at least 4 members (excludes halogenated alkanes) is 1. The van der Waals surface area contributed by atoms with Crippen LogP contribution in [0, 0.1) is 20.8 Å². The third-order valence-corrected chi connectivity index (χ3v) is 4.14. The van der Waals surface area contributed by atoms with Crippen LogP contribution in [0.15, 0.2) is 30.5 Å². The van der Waals surface area contributed by atoms with Gasteiger partial charge < -0.3 is 0 Å². The fourth-order valence-electron chi connectivity index (χ4n) is 2.63. The summed E-state index contributed by atoms with van der Waals surface area (Å²) in [6, 6.07) is 9.21. The summed E-state index contributed by atoms with van der Waals surface area (Å²) in [5.41, 5.74) is 8.18. The van der Waals surface area contributed by atoms with Crippen LogP contribution in [0.25, 0.3) is 11.3 Å². The van der Waals surface area contributed by atoms with Crippen LogP contribution in [-0.4, -0.2) is 0 Å². The van der Waals surface area contributed by atoms with Crippen LogP contribution in [-0.2, 0) is 13.5 Å². The molecule has 106 valence electrons. The van der Waals surface area contributed by atoms with Gasteiger partial charge in [-0.2, -0.15) is 0 Å². The maximum Gasteiger partial charge on any atom is 0.212 e. The van der Waals surface area contributed by atoms with E-state index in [4.69, 9.17) is 0 Å². The van der Waals surface area contributed by atoms with Crippen LogP contribution >= 0.6 is 0 Å². The molecule has 0 spiro atoms. The topological polar surface area (TPSA) is 3.88 Å². The molecule has 0 saturated heterocycles. The summed E-state index contributed by atoms with van der Waals surface area (Å²) in [5, 5.41) is 0. The van der Waals surface area contributed by atoms with Crippen molar-refractivity contribution in [1.82, 2.24) is 0 Å². The molecule has 1 heteroatoms. The van der Waals surface area contributed by atoms with Gasteiger partial charge in [0.05, 0.1) is 0 Å². The Balaban J connectivity index is 2.48. The maximum atomic E-state index is 2.37. The van der Waals surface area contributed by atoms with Gasteiger partial charge in [-0.05, 0) is 56.4 Å². The van der Waals surface area contributed by atoms with Crippen molar-refractivity contribution in [2.75, 3.05) is 0 Å². The highest BCUT2D eigenvalue weighted by molar-refractivity contribution is 5.62. The maximum absolute atomic E-state index is 2.37. The predicted molar refractivity (Wildman–Crippen MR) is 85.9 cm³/mol. The number of aromatic nitrogens is 1. The number of aryl methyl sites for hydroxylation is 5. The van der Waals surface area contributed by atoms with Crippen LogP contribution in [0.1, 0.15) is 42.0 Å². The summed E-state index contributed by atoms with van der Waals surface area (Å²) >= 11 is 0. The average molecular weight is 268 g/mol. The number of pyridine rings is 1. The Bertz CT molecular complexity index is 611. The number of hydrogen-bond donors (Lipinski definition) is 0. The van der Waals surface area contributed by atoms with E-state index in [1.54, 1.807) is 0 Å². The van der Waals surface area contributed by atoms with Crippen molar-refractivity contribution in [3.63, 3.8) is 0 Å². The minimum Gasteiger partial charge on any atom is -0.201 e. The molecule has 1 aromatic carbocycles. The van der Waals surface area contributed by atoms with E-state index >= 15 is 0 Å². The van der Waals surface area contributed by atoms with Crippen molar-refractivity contribution in [3.05, 3.63) is 52.7 Å². The van der Waals surface area contributed by atoms with Gasteiger partial charge in [-0.15, -0.1) is 0 Å². The van der Waals surface area contributed by atoms with E-state index in [1.807, 2.05) is 0 Å². The quantitative estimate of drug-likeness (QED) is 0.721. The second kappa shape index (κ2) is 6.21. The van der Waals surface area contributed by atoms with Crippen LogP contribution in [0.5, 0.6) is 0 Å². The third kappa shape index (κ3) is 3.09. The van der Waals surface area contributed by atoms with Gasteiger partial charge in [0.1, 0.15) is 7.05 Å². The van der Waals surface area contributed by atoms with Crippen molar-refractivity contribution >= 4 is 0 Å². The number of benzene rings is 1. The molecule has 2 rings (SSSR count). The summed E-state index contributed by atoms with van der Waals surface area (Å²) in [6.07, 6.45) is 5.92. The third-order valence-electron chi connectivity index (χ3n) is 4.14. The minimum absolute atomic E-state index is 1.18. The van der Waals surface area contributed by atoms with E-state index in [1.165, 1.54) is 52.8 Å². The summed E-state index contributed by atoms with van der Waals surface area (Å²) < 4.78 is 2.24. The van der Waals surface area contributed by atoms with E-state index in [0.29, 0.717) is 0 Å². The van der Waals surface area contributed by atoms with E-state index in [9.17, 15) is 0 Å². The zero-order valence-electron chi connectivity index (χ0n) is 13.5. The highest BCUT2D eigenvalue weighted by atomic mass is 14.9. The standard InChI is InChI=1S/C19H26N/c1-6-7-8-17-10-9-14(2)18(12-17)19-11-15(3)16(4)13-20(19)5/h9-13H,6-8H2,1-5H3/q+1. The molecule has 0 aliphatic heterocycles. The fourth-order valence-corrected chi connectivity index (χ4v) is 2.63. The van der Waals surface area contributed by atoms with Gasteiger partial charge in [0, 0.05) is 17.2 Å². The van der Waals surface area contributed by atoms with Crippen molar-refractivity contribution in [2.45, 2.75) is 47.0 Å². The van der Waals surface area contributed by atoms with Gasteiger partial charge in [-0.25, -0.2) is 4.57 Å². The molecule has 0 N–H and O–H groups in total. The molecule has 0 saturated carbocycles. The average Bonchev–Trinajstić information content (AvgIpc) is 2.42. The van der Waals surface area contributed by atoms with E-state index in [-0.39, 0.29) is 0 Å². The zero-order valence-corrected chi connectivity index (χ0v) is 13.5. The predicted octanol–water partition coefficient (Wildman–Crippen LogP) is 4.45. The van der Waals surface area contributed by atoms with E-state index in [2.05, 4.69) is 69.8 Å². The second-order valence-electron chi connectivity index (χ2n) is 5.89. The SMILES string of the molecule is CCCCc1ccc(C)c(-c2cc(C)c(C)c[n+]2C)c1. The summed E-state index contributed by atoms with van der Waals surface area (Å²) in [7, 11) is 2.14. The van der Waals surface area contributed by atoms with Gasteiger partial charge in [0.2, 0.25) is 5.69 Å². The molecular formula is C19H26N+. The Labute approximate surface area is 123 Å². The monoisotopic (exact) mass is 268 g/mol. The molecule has 0 unspecified atom stereocenters. The van der Waals surface area contributed by atoms with E-state index in [0.717, 1.165) is 0 Å². The lowest BCUT2D eigenvalue weighted by atomic mass is 9.97. The van der Waals surface area contributed by atoms with Gasteiger partial charge in [-0.3, -0.25) is 0 Å². The molecule has 0 amide bonds. The molecule has 1 nitrogen and oxygen atoms in total. The molecule has 20 heavy (non-hydrogen) atoms. The number of rotatable bonds is 4. The Kier molecular flexibility index (Phi) is 4.59. The van der Waals surface area contributed by atoms with Crippen LogP contribution in [0.2, 0.25) is 0 Å². The summed E-state index contributed by atoms with van der Waals surface area (Å²) in [4.78, 5) is 0. The van der Waals surface area contributed by atoms with Gasteiger partial charge in [-0.1, -0.05) is 25.5 Å². The first kappa shape index (κ1) is 14.8. The first-order valence-electron chi connectivity index (χ1n) is 7.59. The van der Waals surface area contributed by atoms with Crippen molar-refractivity contribution < 1.29 is 4.57 Å². The second-order valence-corrected chi connectivity index (χ2v) is 5.89. The minimum atomic E-state index is 1.18. The van der Waals surface area contributed by atoms with Crippen LogP contribution < -0.4 is 4.57 Å². The highest BCUT2D eigenvalue weighted by Gasteiger charge is 2.14. The lowest BCUT2D eigenvalue weighted by Gasteiger charge is -2.09. The molecule has 1 heterocycles. The molecule has 0 atom stereocenters. The molecular weight excluding hydrogens is 242 g/mol. The first-order valence-corrected chi connectivity index (χ1v) is 7.59. The number of hydrogen-bond acceptors (Lipinski definition) is 0. The molecule has 0 bridgehead atoms. The van der Waals surface area contributed by atoms with Crippen molar-refractivity contribution in [2.24, 2.45) is 7.05 Å². The number of nitrogens with zero attached hydrogens (tertiary/aromatic N) is 1. The Morgan fingerprint density at radius 1 is 0.950 bits per heavy atom.